The summed E-state index contributed by atoms with van der Waals surface area (Å²) >= 11 is 0. The zero-order valence-corrected chi connectivity index (χ0v) is 40.6. The maximum atomic E-state index is 12.5. The Morgan fingerprint density at radius 2 is 0.683 bits per heavy atom. The Kier molecular flexibility index (Phi) is 49.5. The molecule has 0 aliphatic heterocycles. The highest BCUT2D eigenvalue weighted by atomic mass is 16.3. The number of unbranched alkanes of at least 4 members (excludes halogenated alkanes) is 38. The lowest BCUT2D eigenvalue weighted by Gasteiger charge is -2.26. The van der Waals surface area contributed by atoms with Gasteiger partial charge in [-0.1, -0.05) is 263 Å². The van der Waals surface area contributed by atoms with E-state index in [9.17, 15) is 20.1 Å². The molecule has 4 N–H and O–H groups in total. The first-order valence-corrected chi connectivity index (χ1v) is 27.1. The highest BCUT2D eigenvalue weighted by molar-refractivity contribution is 5.76. The minimum atomic E-state index is -1.16. The fraction of sp³-hybridized carbons (Fsp3) is 0.909. The molecule has 0 heterocycles. The van der Waals surface area contributed by atoms with Crippen LogP contribution in [0.15, 0.2) is 24.3 Å². The molecule has 60 heavy (non-hydrogen) atoms. The lowest BCUT2D eigenvalue weighted by atomic mass is 10.0. The molecular weight excluding hydrogens is 739 g/mol. The summed E-state index contributed by atoms with van der Waals surface area (Å²) in [6, 6.07) is -0.830. The summed E-state index contributed by atoms with van der Waals surface area (Å²) in [4.78, 5) is 12.5. The van der Waals surface area contributed by atoms with Gasteiger partial charge in [0.1, 0.15) is 6.10 Å². The van der Waals surface area contributed by atoms with Crippen molar-refractivity contribution in [2.75, 3.05) is 6.61 Å². The van der Waals surface area contributed by atoms with E-state index in [0.717, 1.165) is 44.9 Å². The normalized spacial score (nSPS) is 13.5. The summed E-state index contributed by atoms with van der Waals surface area (Å²) in [6.45, 7) is 4.19. The second-order valence-corrected chi connectivity index (χ2v) is 18.8. The largest absolute Gasteiger partial charge is 0.394 e. The predicted octanol–water partition coefficient (Wildman–Crippen LogP) is 16.5. The molecule has 0 aromatic carbocycles. The van der Waals surface area contributed by atoms with E-state index in [1.807, 2.05) is 0 Å². The van der Waals surface area contributed by atoms with Crippen molar-refractivity contribution in [3.63, 3.8) is 0 Å². The van der Waals surface area contributed by atoms with Gasteiger partial charge in [-0.3, -0.25) is 4.79 Å². The van der Waals surface area contributed by atoms with Crippen molar-refractivity contribution in [2.24, 2.45) is 0 Å². The average Bonchev–Trinajstić information content (AvgIpc) is 3.25. The lowest BCUT2D eigenvalue weighted by molar-refractivity contribution is -0.124. The molecule has 3 atom stereocenters. The third-order valence-corrected chi connectivity index (χ3v) is 12.8. The van der Waals surface area contributed by atoms with Crippen LogP contribution in [0.2, 0.25) is 0 Å². The highest BCUT2D eigenvalue weighted by Gasteiger charge is 2.26. The van der Waals surface area contributed by atoms with E-state index in [1.165, 1.54) is 225 Å². The van der Waals surface area contributed by atoms with Crippen LogP contribution in [-0.4, -0.2) is 46.1 Å². The summed E-state index contributed by atoms with van der Waals surface area (Å²) < 4.78 is 0. The number of aliphatic hydroxyl groups excluding tert-OH is 3. The van der Waals surface area contributed by atoms with Gasteiger partial charge in [0.25, 0.3) is 0 Å². The Bertz CT molecular complexity index is 890. The van der Waals surface area contributed by atoms with Crippen LogP contribution in [0.3, 0.4) is 0 Å². The molecule has 3 unspecified atom stereocenters. The third-order valence-electron chi connectivity index (χ3n) is 12.8. The van der Waals surface area contributed by atoms with Crippen molar-refractivity contribution in [1.29, 1.82) is 0 Å². The summed E-state index contributed by atoms with van der Waals surface area (Å²) in [6.07, 6.45) is 63.3. The number of aliphatic hydroxyl groups is 3. The van der Waals surface area contributed by atoms with Gasteiger partial charge in [0.05, 0.1) is 18.8 Å². The Hall–Kier alpha value is -1.17. The van der Waals surface area contributed by atoms with E-state index in [2.05, 4.69) is 43.5 Å². The van der Waals surface area contributed by atoms with Gasteiger partial charge in [-0.25, -0.2) is 0 Å². The van der Waals surface area contributed by atoms with E-state index in [1.54, 1.807) is 0 Å². The van der Waals surface area contributed by atoms with Gasteiger partial charge >= 0.3 is 0 Å². The molecule has 0 aromatic heterocycles. The van der Waals surface area contributed by atoms with Crippen LogP contribution < -0.4 is 5.32 Å². The quantitative estimate of drug-likeness (QED) is 0.0363. The predicted molar refractivity (Wildman–Crippen MR) is 264 cm³/mol. The molecule has 0 saturated heterocycles. The van der Waals surface area contributed by atoms with Crippen LogP contribution in [0.1, 0.15) is 296 Å². The summed E-state index contributed by atoms with van der Waals surface area (Å²) in [5, 5.41) is 33.7. The number of nitrogens with one attached hydrogen (secondary N) is 1. The van der Waals surface area contributed by atoms with Gasteiger partial charge < -0.3 is 20.6 Å². The van der Waals surface area contributed by atoms with E-state index in [0.29, 0.717) is 12.8 Å². The standard InChI is InChI=1S/C55H107NO4/c1-3-5-7-9-11-13-15-17-19-21-23-24-25-26-27-28-29-30-32-34-36-38-40-42-44-46-48-50-54(59)56-52(51-57)55(60)53(58)49-47-45-43-41-39-37-35-33-31-22-20-18-16-14-12-10-8-6-4-2/h33,35,41,43,52-53,55,57-58,60H,3-32,34,36-40,42,44-51H2,1-2H3,(H,56,59)/b35-33+,43-41+. The van der Waals surface area contributed by atoms with Crippen LogP contribution in [0.25, 0.3) is 0 Å². The SMILES string of the molecule is CCCCCCCCCCCC/C=C/CC/C=C/CCCC(O)C(O)C(CO)NC(=O)CCCCCCCCCCCCCCCCCCCCCCCCCCCCC. The molecule has 5 nitrogen and oxygen atoms in total. The van der Waals surface area contributed by atoms with Crippen molar-refractivity contribution in [1.82, 2.24) is 5.32 Å². The molecule has 1 amide bonds. The number of hydrogen-bond donors (Lipinski definition) is 4. The molecular formula is C55H107NO4. The molecule has 0 bridgehead atoms. The maximum absolute atomic E-state index is 12.5. The Morgan fingerprint density at radius 3 is 1.02 bits per heavy atom. The maximum Gasteiger partial charge on any atom is 0.220 e. The molecule has 0 radical (unpaired) electrons. The zero-order chi connectivity index (χ0) is 43.7. The first kappa shape index (κ1) is 58.8. The van der Waals surface area contributed by atoms with Gasteiger partial charge in [0.2, 0.25) is 5.91 Å². The molecule has 0 aliphatic rings. The number of allylic oxidation sites excluding steroid dienone is 4. The van der Waals surface area contributed by atoms with E-state index in [4.69, 9.17) is 0 Å². The van der Waals surface area contributed by atoms with E-state index >= 15 is 0 Å². The zero-order valence-electron chi connectivity index (χ0n) is 40.6. The third kappa shape index (κ3) is 44.9. The van der Waals surface area contributed by atoms with Crippen molar-refractivity contribution >= 4 is 5.91 Å². The van der Waals surface area contributed by atoms with E-state index < -0.39 is 18.2 Å². The van der Waals surface area contributed by atoms with Gasteiger partial charge in [-0.05, 0) is 51.4 Å². The fourth-order valence-corrected chi connectivity index (χ4v) is 8.59. The summed E-state index contributed by atoms with van der Waals surface area (Å²) in [7, 11) is 0. The van der Waals surface area contributed by atoms with Crippen LogP contribution in [0, 0.1) is 0 Å². The van der Waals surface area contributed by atoms with Gasteiger partial charge in [-0.2, -0.15) is 0 Å². The van der Waals surface area contributed by atoms with Gasteiger partial charge in [0.15, 0.2) is 0 Å². The fourth-order valence-electron chi connectivity index (χ4n) is 8.59. The number of carbonyl (C=O) groups is 1. The molecule has 0 fully saturated rings. The first-order valence-electron chi connectivity index (χ1n) is 27.1. The monoisotopic (exact) mass is 846 g/mol. The topological polar surface area (TPSA) is 89.8 Å². The van der Waals surface area contributed by atoms with E-state index in [-0.39, 0.29) is 12.5 Å². The summed E-state index contributed by atoms with van der Waals surface area (Å²) in [5.41, 5.74) is 0. The molecule has 0 saturated carbocycles. The van der Waals surface area contributed by atoms with Crippen LogP contribution >= 0.6 is 0 Å². The average molecular weight is 846 g/mol. The second kappa shape index (κ2) is 50.5. The molecule has 0 aliphatic carbocycles. The molecule has 0 spiro atoms. The van der Waals surface area contributed by atoms with Crippen LogP contribution in [-0.2, 0) is 4.79 Å². The summed E-state index contributed by atoms with van der Waals surface area (Å²) in [5.74, 6) is -0.152. The van der Waals surface area contributed by atoms with Gasteiger partial charge in [-0.15, -0.1) is 0 Å². The number of carbonyl (C=O) groups excluding carboxylic acids is 1. The molecule has 5 heteroatoms. The molecule has 0 rings (SSSR count). The van der Waals surface area contributed by atoms with Crippen molar-refractivity contribution in [2.45, 2.75) is 315 Å². The minimum absolute atomic E-state index is 0.152. The van der Waals surface area contributed by atoms with Crippen molar-refractivity contribution in [3.8, 4) is 0 Å². The smallest absolute Gasteiger partial charge is 0.220 e. The molecule has 356 valence electrons. The minimum Gasteiger partial charge on any atom is -0.394 e. The number of rotatable bonds is 50. The van der Waals surface area contributed by atoms with Crippen molar-refractivity contribution < 1.29 is 20.1 Å². The Morgan fingerprint density at radius 1 is 0.400 bits per heavy atom. The van der Waals surface area contributed by atoms with Crippen molar-refractivity contribution in [3.05, 3.63) is 24.3 Å². The molecule has 0 aromatic rings. The van der Waals surface area contributed by atoms with Crippen LogP contribution in [0.4, 0.5) is 0 Å². The Labute approximate surface area is 375 Å². The first-order chi connectivity index (χ1) is 29.6. The van der Waals surface area contributed by atoms with Gasteiger partial charge in [0, 0.05) is 6.42 Å². The van der Waals surface area contributed by atoms with Crippen LogP contribution in [0.5, 0.6) is 0 Å². The number of amides is 1. The highest BCUT2D eigenvalue weighted by Crippen LogP contribution is 2.17. The lowest BCUT2D eigenvalue weighted by Crippen LogP contribution is -2.50. The Balaban J connectivity index is 3.56. The second-order valence-electron chi connectivity index (χ2n) is 18.8. The number of hydrogen-bond acceptors (Lipinski definition) is 4.